The number of hydrogen-bond acceptors (Lipinski definition) is 3. The molecule has 3 nitrogen and oxygen atoms in total. The second-order valence-electron chi connectivity index (χ2n) is 6.39. The normalized spacial score (nSPS) is 23.3. The van der Waals surface area contributed by atoms with Crippen LogP contribution in [0.5, 0.6) is 5.75 Å². The van der Waals surface area contributed by atoms with Gasteiger partial charge in [-0.2, -0.15) is 0 Å². The molecule has 0 amide bonds. The predicted molar refractivity (Wildman–Crippen MR) is 87.0 cm³/mol. The van der Waals surface area contributed by atoms with Crippen LogP contribution in [0.1, 0.15) is 49.8 Å². The number of nitrogens with two attached hydrogens (primary N) is 1. The van der Waals surface area contributed by atoms with Crippen molar-refractivity contribution in [1.29, 1.82) is 0 Å². The minimum atomic E-state index is 0.240. The maximum absolute atomic E-state index is 6.05. The maximum Gasteiger partial charge on any atom is 0.125 e. The molecular weight excluding hydrogens is 262 g/mol. The molecule has 1 aromatic carbocycles. The summed E-state index contributed by atoms with van der Waals surface area (Å²) in [6.07, 6.45) is 4.79. The Kier molecular flexibility index (Phi) is 5.65. The van der Waals surface area contributed by atoms with Gasteiger partial charge in [-0.15, -0.1) is 0 Å². The molecule has 1 heterocycles. The Morgan fingerprint density at radius 1 is 1.29 bits per heavy atom. The Hall–Kier alpha value is -1.06. The lowest BCUT2D eigenvalue weighted by molar-refractivity contribution is 0.0262. The predicted octanol–water partition coefficient (Wildman–Crippen LogP) is 3.53. The third-order valence-corrected chi connectivity index (χ3v) is 4.28. The van der Waals surface area contributed by atoms with Crippen LogP contribution in [-0.2, 0) is 11.2 Å². The SMILES string of the molecule is CCC(N)Cc1cc(C)c(OCC2CCC(C)O2)c(C)c1. The van der Waals surface area contributed by atoms with Crippen LogP contribution in [0, 0.1) is 13.8 Å². The van der Waals surface area contributed by atoms with Crippen LogP contribution < -0.4 is 10.5 Å². The standard InChI is InChI=1S/C18H29NO2/c1-5-16(19)10-15-8-12(2)18(13(3)9-15)20-11-17-7-6-14(4)21-17/h8-9,14,16-17H,5-7,10-11,19H2,1-4H3. The third kappa shape index (κ3) is 4.45. The van der Waals surface area contributed by atoms with E-state index in [2.05, 4.69) is 39.8 Å². The van der Waals surface area contributed by atoms with E-state index in [1.165, 1.54) is 16.7 Å². The zero-order valence-corrected chi connectivity index (χ0v) is 13.8. The lowest BCUT2D eigenvalue weighted by Gasteiger charge is -2.18. The van der Waals surface area contributed by atoms with E-state index in [-0.39, 0.29) is 12.1 Å². The van der Waals surface area contributed by atoms with E-state index in [1.807, 2.05) is 0 Å². The minimum Gasteiger partial charge on any atom is -0.490 e. The van der Waals surface area contributed by atoms with Gasteiger partial charge in [0, 0.05) is 6.04 Å². The van der Waals surface area contributed by atoms with Crippen molar-refractivity contribution in [2.24, 2.45) is 5.73 Å². The molecular formula is C18H29NO2. The third-order valence-electron chi connectivity index (χ3n) is 4.28. The summed E-state index contributed by atoms with van der Waals surface area (Å²) in [6.45, 7) is 9.13. The molecule has 0 aliphatic carbocycles. The van der Waals surface area contributed by atoms with Crippen molar-refractivity contribution in [3.05, 3.63) is 28.8 Å². The summed E-state index contributed by atoms with van der Waals surface area (Å²) in [4.78, 5) is 0. The molecule has 21 heavy (non-hydrogen) atoms. The summed E-state index contributed by atoms with van der Waals surface area (Å²) < 4.78 is 11.8. The molecule has 0 bridgehead atoms. The van der Waals surface area contributed by atoms with Crippen molar-refractivity contribution >= 4 is 0 Å². The Labute approximate surface area is 128 Å². The van der Waals surface area contributed by atoms with Gasteiger partial charge in [0.1, 0.15) is 12.4 Å². The van der Waals surface area contributed by atoms with Gasteiger partial charge in [0.15, 0.2) is 0 Å². The molecule has 1 aliphatic rings. The molecule has 0 radical (unpaired) electrons. The maximum atomic E-state index is 6.05. The van der Waals surface area contributed by atoms with Crippen LogP contribution in [0.3, 0.4) is 0 Å². The topological polar surface area (TPSA) is 44.5 Å². The molecule has 3 unspecified atom stereocenters. The summed E-state index contributed by atoms with van der Waals surface area (Å²) >= 11 is 0. The first-order chi connectivity index (χ1) is 9.99. The summed E-state index contributed by atoms with van der Waals surface area (Å²) in [5.41, 5.74) is 9.74. The van der Waals surface area contributed by atoms with Gasteiger partial charge in [-0.25, -0.2) is 0 Å². The molecule has 2 N–H and O–H groups in total. The molecule has 3 atom stereocenters. The van der Waals surface area contributed by atoms with E-state index in [9.17, 15) is 0 Å². The van der Waals surface area contributed by atoms with Gasteiger partial charge in [-0.3, -0.25) is 0 Å². The van der Waals surface area contributed by atoms with E-state index >= 15 is 0 Å². The summed E-state index contributed by atoms with van der Waals surface area (Å²) in [6, 6.07) is 4.65. The van der Waals surface area contributed by atoms with Crippen molar-refractivity contribution in [2.45, 2.75) is 71.6 Å². The van der Waals surface area contributed by atoms with Gasteiger partial charge in [-0.1, -0.05) is 19.1 Å². The molecule has 0 spiro atoms. The average molecular weight is 291 g/mol. The zero-order valence-electron chi connectivity index (χ0n) is 13.8. The molecule has 1 aromatic rings. The summed E-state index contributed by atoms with van der Waals surface area (Å²) in [7, 11) is 0. The van der Waals surface area contributed by atoms with Gasteiger partial charge >= 0.3 is 0 Å². The van der Waals surface area contributed by atoms with Crippen molar-refractivity contribution in [3.8, 4) is 5.75 Å². The molecule has 1 saturated heterocycles. The van der Waals surface area contributed by atoms with Gasteiger partial charge in [0.2, 0.25) is 0 Å². The van der Waals surface area contributed by atoms with Crippen LogP contribution in [0.4, 0.5) is 0 Å². The Morgan fingerprint density at radius 2 is 1.95 bits per heavy atom. The van der Waals surface area contributed by atoms with Crippen molar-refractivity contribution in [2.75, 3.05) is 6.61 Å². The van der Waals surface area contributed by atoms with E-state index < -0.39 is 0 Å². The quantitative estimate of drug-likeness (QED) is 0.872. The lowest BCUT2D eigenvalue weighted by Crippen LogP contribution is -2.21. The Bertz CT molecular complexity index is 449. The zero-order chi connectivity index (χ0) is 15.4. The highest BCUT2D eigenvalue weighted by Crippen LogP contribution is 2.27. The molecule has 0 saturated carbocycles. The first-order valence-electron chi connectivity index (χ1n) is 8.13. The molecule has 0 aromatic heterocycles. The highest BCUT2D eigenvalue weighted by Gasteiger charge is 2.22. The summed E-state index contributed by atoms with van der Waals surface area (Å²) in [5, 5.41) is 0. The number of ether oxygens (including phenoxy) is 2. The first kappa shape index (κ1) is 16.3. The number of rotatable bonds is 6. The molecule has 1 fully saturated rings. The largest absolute Gasteiger partial charge is 0.490 e. The molecule has 1 aliphatic heterocycles. The van der Waals surface area contributed by atoms with Crippen LogP contribution >= 0.6 is 0 Å². The second-order valence-corrected chi connectivity index (χ2v) is 6.39. The fourth-order valence-corrected chi connectivity index (χ4v) is 3.02. The second kappa shape index (κ2) is 7.28. The van der Waals surface area contributed by atoms with Crippen molar-refractivity contribution in [1.82, 2.24) is 0 Å². The van der Waals surface area contributed by atoms with Gasteiger partial charge in [0.25, 0.3) is 0 Å². The molecule has 2 rings (SSSR count). The van der Waals surface area contributed by atoms with E-state index in [0.717, 1.165) is 31.4 Å². The first-order valence-corrected chi connectivity index (χ1v) is 8.13. The Balaban J connectivity index is 1.99. The highest BCUT2D eigenvalue weighted by atomic mass is 16.5. The van der Waals surface area contributed by atoms with Gasteiger partial charge in [0.05, 0.1) is 12.2 Å². The summed E-state index contributed by atoms with van der Waals surface area (Å²) in [5.74, 6) is 1.01. The number of benzene rings is 1. The van der Waals surface area contributed by atoms with Crippen LogP contribution in [0.2, 0.25) is 0 Å². The van der Waals surface area contributed by atoms with Crippen LogP contribution in [-0.4, -0.2) is 24.9 Å². The van der Waals surface area contributed by atoms with E-state index in [1.54, 1.807) is 0 Å². The van der Waals surface area contributed by atoms with Crippen LogP contribution in [0.15, 0.2) is 12.1 Å². The fraction of sp³-hybridized carbons (Fsp3) is 0.667. The van der Waals surface area contributed by atoms with E-state index in [4.69, 9.17) is 15.2 Å². The Morgan fingerprint density at radius 3 is 2.48 bits per heavy atom. The molecule has 3 heteroatoms. The van der Waals surface area contributed by atoms with E-state index in [0.29, 0.717) is 12.7 Å². The lowest BCUT2D eigenvalue weighted by atomic mass is 9.99. The smallest absolute Gasteiger partial charge is 0.125 e. The van der Waals surface area contributed by atoms with Gasteiger partial charge < -0.3 is 15.2 Å². The average Bonchev–Trinajstić information content (AvgIpc) is 2.83. The van der Waals surface area contributed by atoms with Crippen molar-refractivity contribution in [3.63, 3.8) is 0 Å². The number of aryl methyl sites for hydroxylation is 2. The molecule has 118 valence electrons. The number of hydrogen-bond donors (Lipinski definition) is 1. The van der Waals surface area contributed by atoms with Crippen LogP contribution in [0.25, 0.3) is 0 Å². The van der Waals surface area contributed by atoms with Gasteiger partial charge in [-0.05, 0) is 63.1 Å². The minimum absolute atomic E-state index is 0.240. The fourth-order valence-electron chi connectivity index (χ4n) is 3.02. The van der Waals surface area contributed by atoms with Crippen molar-refractivity contribution < 1.29 is 9.47 Å². The highest BCUT2D eigenvalue weighted by molar-refractivity contribution is 5.43. The monoisotopic (exact) mass is 291 g/mol.